The molecule has 7 nitrogen and oxygen atoms in total. The maximum Gasteiger partial charge on any atom is 0.205 e. The van der Waals surface area contributed by atoms with Crippen molar-refractivity contribution < 1.29 is 28.4 Å². The highest BCUT2D eigenvalue weighted by Crippen LogP contribution is 2.47. The molecule has 0 bridgehead atoms. The van der Waals surface area contributed by atoms with Crippen LogP contribution in [0, 0.1) is 0 Å². The Labute approximate surface area is 146 Å². The summed E-state index contributed by atoms with van der Waals surface area (Å²) >= 11 is 0. The molecule has 1 heterocycles. The molecule has 1 aliphatic heterocycles. The van der Waals surface area contributed by atoms with Gasteiger partial charge in [-0.05, 0) is 12.1 Å². The number of ether oxygens (including phenoxy) is 6. The molecule has 7 heteroatoms. The number of methoxy groups -OCH3 is 4. The van der Waals surface area contributed by atoms with Crippen LogP contribution in [0.25, 0.3) is 0 Å². The summed E-state index contributed by atoms with van der Waals surface area (Å²) in [5, 5.41) is 3.31. The highest BCUT2D eigenvalue weighted by atomic mass is 16.6. The van der Waals surface area contributed by atoms with Crippen LogP contribution in [0.4, 0.5) is 11.4 Å². The second-order valence-corrected chi connectivity index (χ2v) is 5.21. The number of anilines is 2. The Hall–Kier alpha value is -2.96. The van der Waals surface area contributed by atoms with E-state index in [1.54, 1.807) is 28.4 Å². The third-order valence-electron chi connectivity index (χ3n) is 3.82. The number of hydrogen-bond donors (Lipinski definition) is 1. The van der Waals surface area contributed by atoms with Gasteiger partial charge in [0.1, 0.15) is 13.2 Å². The lowest BCUT2D eigenvalue weighted by molar-refractivity contribution is 0.166. The Kier molecular flexibility index (Phi) is 4.92. The van der Waals surface area contributed by atoms with Crippen LogP contribution in [0.1, 0.15) is 0 Å². The Morgan fingerprint density at radius 3 is 1.92 bits per heavy atom. The molecular weight excluding hydrogens is 326 g/mol. The fourth-order valence-electron chi connectivity index (χ4n) is 2.68. The number of fused-ring (bicyclic) bond motifs is 1. The number of nitrogens with one attached hydrogen (secondary N) is 1. The Bertz CT molecular complexity index is 736. The predicted octanol–water partition coefficient (Wildman–Crippen LogP) is 3.24. The van der Waals surface area contributed by atoms with E-state index in [-0.39, 0.29) is 0 Å². The van der Waals surface area contributed by atoms with Crippen molar-refractivity contribution in [1.29, 1.82) is 0 Å². The van der Waals surface area contributed by atoms with Crippen LogP contribution in [0.5, 0.6) is 34.5 Å². The maximum absolute atomic E-state index is 5.77. The zero-order valence-electron chi connectivity index (χ0n) is 14.7. The number of hydrogen-bond acceptors (Lipinski definition) is 7. The standard InChI is InChI=1S/C18H21NO6/c1-20-13-6-5-12(16-18(13)25-8-7-24-16)19-11-9-14(21-2)17(23-4)15(10-11)22-3/h5-6,9-10,19H,7-8H2,1-4H3. The molecule has 0 atom stereocenters. The number of benzene rings is 2. The summed E-state index contributed by atoms with van der Waals surface area (Å²) in [5.74, 6) is 3.48. The Morgan fingerprint density at radius 2 is 1.36 bits per heavy atom. The Morgan fingerprint density at radius 1 is 0.760 bits per heavy atom. The van der Waals surface area contributed by atoms with E-state index in [2.05, 4.69) is 5.32 Å². The molecule has 0 unspecified atom stereocenters. The first-order chi connectivity index (χ1) is 12.2. The molecule has 3 rings (SSSR count). The van der Waals surface area contributed by atoms with Crippen molar-refractivity contribution >= 4 is 11.4 Å². The van der Waals surface area contributed by atoms with Crippen molar-refractivity contribution in [2.75, 3.05) is 47.0 Å². The summed E-state index contributed by atoms with van der Waals surface area (Å²) in [6.45, 7) is 0.959. The first-order valence-electron chi connectivity index (χ1n) is 7.75. The topological polar surface area (TPSA) is 67.4 Å². The molecule has 0 spiro atoms. The molecule has 0 saturated carbocycles. The molecule has 0 saturated heterocycles. The highest BCUT2D eigenvalue weighted by Gasteiger charge is 2.22. The van der Waals surface area contributed by atoms with Gasteiger partial charge in [-0.15, -0.1) is 0 Å². The fraction of sp³-hybridized carbons (Fsp3) is 0.333. The van der Waals surface area contributed by atoms with Crippen LogP contribution < -0.4 is 33.7 Å². The molecule has 2 aromatic carbocycles. The zero-order chi connectivity index (χ0) is 17.8. The van der Waals surface area contributed by atoms with Gasteiger partial charge in [-0.3, -0.25) is 0 Å². The molecule has 0 amide bonds. The van der Waals surface area contributed by atoms with Crippen LogP contribution in [-0.2, 0) is 0 Å². The van der Waals surface area contributed by atoms with Crippen molar-refractivity contribution in [2.24, 2.45) is 0 Å². The minimum absolute atomic E-state index is 0.476. The minimum atomic E-state index is 0.476. The zero-order valence-corrected chi connectivity index (χ0v) is 14.7. The molecule has 2 aromatic rings. The van der Waals surface area contributed by atoms with Crippen molar-refractivity contribution in [3.8, 4) is 34.5 Å². The first kappa shape index (κ1) is 16.9. The first-order valence-corrected chi connectivity index (χ1v) is 7.75. The van der Waals surface area contributed by atoms with E-state index in [0.29, 0.717) is 47.7 Å². The van der Waals surface area contributed by atoms with Gasteiger partial charge >= 0.3 is 0 Å². The average molecular weight is 347 g/mol. The van der Waals surface area contributed by atoms with Gasteiger partial charge in [0.25, 0.3) is 0 Å². The van der Waals surface area contributed by atoms with Gasteiger partial charge in [0.05, 0.1) is 34.1 Å². The monoisotopic (exact) mass is 347 g/mol. The fourth-order valence-corrected chi connectivity index (χ4v) is 2.68. The van der Waals surface area contributed by atoms with E-state index < -0.39 is 0 Å². The molecule has 1 aliphatic rings. The SMILES string of the molecule is COc1cc(Nc2ccc(OC)c3c2OCCO3)cc(OC)c1OC. The third-order valence-corrected chi connectivity index (χ3v) is 3.82. The average Bonchev–Trinajstić information content (AvgIpc) is 2.67. The molecule has 0 fully saturated rings. The molecule has 1 N–H and O–H groups in total. The van der Waals surface area contributed by atoms with Gasteiger partial charge in [-0.1, -0.05) is 0 Å². The second kappa shape index (κ2) is 7.29. The molecule has 0 aliphatic carbocycles. The summed E-state index contributed by atoms with van der Waals surface area (Å²) in [4.78, 5) is 0. The van der Waals surface area contributed by atoms with Crippen molar-refractivity contribution in [3.63, 3.8) is 0 Å². The van der Waals surface area contributed by atoms with Gasteiger partial charge in [0.15, 0.2) is 23.0 Å². The summed E-state index contributed by atoms with van der Waals surface area (Å²) in [5.41, 5.74) is 1.51. The van der Waals surface area contributed by atoms with E-state index in [1.807, 2.05) is 24.3 Å². The largest absolute Gasteiger partial charge is 0.493 e. The molecule has 0 aromatic heterocycles. The lowest BCUT2D eigenvalue weighted by Gasteiger charge is -2.23. The second-order valence-electron chi connectivity index (χ2n) is 5.21. The molecule has 0 radical (unpaired) electrons. The maximum atomic E-state index is 5.77. The van der Waals surface area contributed by atoms with Crippen molar-refractivity contribution in [2.45, 2.75) is 0 Å². The van der Waals surface area contributed by atoms with E-state index in [9.17, 15) is 0 Å². The van der Waals surface area contributed by atoms with Crippen LogP contribution in [0.15, 0.2) is 24.3 Å². The van der Waals surface area contributed by atoms with E-state index in [0.717, 1.165) is 11.4 Å². The van der Waals surface area contributed by atoms with Gasteiger partial charge in [-0.25, -0.2) is 0 Å². The third kappa shape index (κ3) is 3.17. The summed E-state index contributed by atoms with van der Waals surface area (Å²) in [6, 6.07) is 7.34. The molecule has 134 valence electrons. The van der Waals surface area contributed by atoms with Crippen LogP contribution in [-0.4, -0.2) is 41.7 Å². The molecular formula is C18H21NO6. The highest BCUT2D eigenvalue weighted by molar-refractivity contribution is 5.75. The van der Waals surface area contributed by atoms with Crippen LogP contribution in [0.2, 0.25) is 0 Å². The molecule has 25 heavy (non-hydrogen) atoms. The van der Waals surface area contributed by atoms with Crippen LogP contribution in [0.3, 0.4) is 0 Å². The van der Waals surface area contributed by atoms with Gasteiger partial charge < -0.3 is 33.7 Å². The minimum Gasteiger partial charge on any atom is -0.493 e. The normalized spacial score (nSPS) is 12.3. The predicted molar refractivity (Wildman–Crippen MR) is 93.4 cm³/mol. The smallest absolute Gasteiger partial charge is 0.205 e. The summed E-state index contributed by atoms with van der Waals surface area (Å²) in [6.07, 6.45) is 0. The summed E-state index contributed by atoms with van der Waals surface area (Å²) < 4.78 is 32.9. The lowest BCUT2D eigenvalue weighted by Crippen LogP contribution is -2.17. The quantitative estimate of drug-likeness (QED) is 0.860. The van der Waals surface area contributed by atoms with Crippen molar-refractivity contribution in [1.82, 2.24) is 0 Å². The van der Waals surface area contributed by atoms with Crippen LogP contribution >= 0.6 is 0 Å². The van der Waals surface area contributed by atoms with Gasteiger partial charge in [0.2, 0.25) is 11.5 Å². The van der Waals surface area contributed by atoms with E-state index in [1.165, 1.54) is 0 Å². The van der Waals surface area contributed by atoms with Gasteiger partial charge in [-0.2, -0.15) is 0 Å². The van der Waals surface area contributed by atoms with Gasteiger partial charge in [0, 0.05) is 17.8 Å². The van der Waals surface area contributed by atoms with Crippen molar-refractivity contribution in [3.05, 3.63) is 24.3 Å². The van der Waals surface area contributed by atoms with E-state index in [4.69, 9.17) is 28.4 Å². The number of rotatable bonds is 6. The Balaban J connectivity index is 2.00. The summed E-state index contributed by atoms with van der Waals surface area (Å²) in [7, 11) is 6.32. The lowest BCUT2D eigenvalue weighted by atomic mass is 10.2. The van der Waals surface area contributed by atoms with E-state index >= 15 is 0 Å².